The van der Waals surface area contributed by atoms with Gasteiger partial charge < -0.3 is 15.1 Å². The number of pyridine rings is 1. The number of aromatic nitrogens is 1. The molecule has 1 aliphatic heterocycles. The van der Waals surface area contributed by atoms with E-state index < -0.39 is 0 Å². The molecule has 27 heavy (non-hydrogen) atoms. The summed E-state index contributed by atoms with van der Waals surface area (Å²) in [6.07, 6.45) is 5.81. The van der Waals surface area contributed by atoms with Gasteiger partial charge >= 0.3 is 0 Å². The van der Waals surface area contributed by atoms with Crippen molar-refractivity contribution in [3.8, 4) is 0 Å². The first-order valence-corrected chi connectivity index (χ1v) is 9.85. The largest absolute Gasteiger partial charge is 0.381 e. The Balaban J connectivity index is 1.61. The van der Waals surface area contributed by atoms with Crippen LogP contribution in [0.1, 0.15) is 42.1 Å². The van der Waals surface area contributed by atoms with Gasteiger partial charge in [-0.25, -0.2) is 4.98 Å². The number of nitrogens with one attached hydrogen (secondary N) is 1. The molecular weight excluding hydrogens is 336 g/mol. The molecule has 1 aliphatic rings. The fourth-order valence-corrected chi connectivity index (χ4v) is 3.62. The van der Waals surface area contributed by atoms with Crippen LogP contribution in [0.3, 0.4) is 0 Å². The molecule has 1 N–H and O–H groups in total. The molecule has 1 amide bonds. The smallest absolute Gasteiger partial charge is 0.254 e. The molecule has 0 aliphatic carbocycles. The van der Waals surface area contributed by atoms with E-state index in [-0.39, 0.29) is 5.91 Å². The Morgan fingerprint density at radius 1 is 1.19 bits per heavy atom. The second kappa shape index (κ2) is 8.89. The summed E-state index contributed by atoms with van der Waals surface area (Å²) in [5.74, 6) is 1.12. The van der Waals surface area contributed by atoms with Crippen molar-refractivity contribution >= 4 is 17.4 Å². The van der Waals surface area contributed by atoms with E-state index in [4.69, 9.17) is 0 Å². The molecule has 3 rings (SSSR count). The summed E-state index contributed by atoms with van der Waals surface area (Å²) in [4.78, 5) is 21.5. The molecule has 2 aromatic rings. The summed E-state index contributed by atoms with van der Waals surface area (Å²) >= 11 is 0. The standard InChI is InChI=1S/C22H30N4O/c1-4-17-8-5-6-10-20(17)22(27)26-14-7-9-18(13-15-26)24-19-11-12-21(23-16-19)25(2)3/h5-6,8,10-12,16,18,24H,4,7,9,13-15H2,1-3H3/t18-/m1/s1. The van der Waals surface area contributed by atoms with E-state index >= 15 is 0 Å². The summed E-state index contributed by atoms with van der Waals surface area (Å²) in [6, 6.07) is 12.5. The fraction of sp³-hybridized carbons (Fsp3) is 0.455. The van der Waals surface area contributed by atoms with Crippen LogP contribution < -0.4 is 10.2 Å². The lowest BCUT2D eigenvalue weighted by molar-refractivity contribution is 0.0760. The van der Waals surface area contributed by atoms with E-state index in [2.05, 4.69) is 29.4 Å². The summed E-state index contributed by atoms with van der Waals surface area (Å²) in [6.45, 7) is 3.72. The number of anilines is 2. The molecule has 2 heterocycles. The highest BCUT2D eigenvalue weighted by atomic mass is 16.2. The molecule has 0 saturated carbocycles. The predicted octanol–water partition coefficient (Wildman–Crippen LogP) is 3.82. The van der Waals surface area contributed by atoms with Crippen LogP contribution >= 0.6 is 0 Å². The first kappa shape index (κ1) is 19.2. The average Bonchev–Trinajstić information content (AvgIpc) is 2.93. The van der Waals surface area contributed by atoms with Gasteiger partial charge in [0.15, 0.2) is 0 Å². The Morgan fingerprint density at radius 3 is 2.70 bits per heavy atom. The summed E-state index contributed by atoms with van der Waals surface area (Å²) in [5, 5.41) is 3.59. The second-order valence-corrected chi connectivity index (χ2v) is 7.37. The van der Waals surface area contributed by atoms with Crippen molar-refractivity contribution < 1.29 is 4.79 Å². The van der Waals surface area contributed by atoms with E-state index in [1.54, 1.807) is 0 Å². The Labute approximate surface area is 162 Å². The quantitative estimate of drug-likeness (QED) is 0.874. The monoisotopic (exact) mass is 366 g/mol. The molecule has 1 saturated heterocycles. The van der Waals surface area contributed by atoms with Gasteiger partial charge in [-0.15, -0.1) is 0 Å². The number of likely N-dealkylation sites (tertiary alicyclic amines) is 1. The van der Waals surface area contributed by atoms with Gasteiger partial charge in [-0.3, -0.25) is 4.79 Å². The number of rotatable bonds is 5. The molecule has 1 fully saturated rings. The van der Waals surface area contributed by atoms with E-state index in [1.165, 1.54) is 0 Å². The van der Waals surface area contributed by atoms with Crippen LogP contribution in [0.4, 0.5) is 11.5 Å². The summed E-state index contributed by atoms with van der Waals surface area (Å²) < 4.78 is 0. The number of amides is 1. The number of benzene rings is 1. The van der Waals surface area contributed by atoms with Crippen molar-refractivity contribution in [1.29, 1.82) is 0 Å². The summed E-state index contributed by atoms with van der Waals surface area (Å²) in [7, 11) is 3.98. The topological polar surface area (TPSA) is 48.5 Å². The van der Waals surface area contributed by atoms with Crippen molar-refractivity contribution in [2.45, 2.75) is 38.6 Å². The highest BCUT2D eigenvalue weighted by molar-refractivity contribution is 5.95. The molecule has 0 radical (unpaired) electrons. The average molecular weight is 367 g/mol. The number of hydrogen-bond donors (Lipinski definition) is 1. The molecule has 0 bridgehead atoms. The number of hydrogen-bond acceptors (Lipinski definition) is 4. The molecule has 5 heteroatoms. The number of carbonyl (C=O) groups is 1. The van der Waals surface area contributed by atoms with E-state index in [0.717, 1.165) is 61.4 Å². The van der Waals surface area contributed by atoms with Gasteiger partial charge in [-0.2, -0.15) is 0 Å². The maximum absolute atomic E-state index is 13.0. The van der Waals surface area contributed by atoms with Crippen LogP contribution in [0.25, 0.3) is 0 Å². The first-order valence-electron chi connectivity index (χ1n) is 9.85. The van der Waals surface area contributed by atoms with Crippen LogP contribution in [0.5, 0.6) is 0 Å². The second-order valence-electron chi connectivity index (χ2n) is 7.37. The van der Waals surface area contributed by atoms with Crippen LogP contribution in [-0.2, 0) is 6.42 Å². The molecule has 0 unspecified atom stereocenters. The lowest BCUT2D eigenvalue weighted by Crippen LogP contribution is -2.33. The first-order chi connectivity index (χ1) is 13.1. The molecular formula is C22H30N4O. The highest BCUT2D eigenvalue weighted by Gasteiger charge is 2.22. The van der Waals surface area contributed by atoms with Crippen molar-refractivity contribution in [3.05, 3.63) is 53.7 Å². The van der Waals surface area contributed by atoms with E-state index in [0.29, 0.717) is 6.04 Å². The lowest BCUT2D eigenvalue weighted by atomic mass is 10.0. The van der Waals surface area contributed by atoms with Crippen LogP contribution in [0.2, 0.25) is 0 Å². The minimum atomic E-state index is 0.171. The lowest BCUT2D eigenvalue weighted by Gasteiger charge is -2.22. The van der Waals surface area contributed by atoms with E-state index in [9.17, 15) is 4.79 Å². The zero-order chi connectivity index (χ0) is 19.2. The Hall–Kier alpha value is -2.56. The van der Waals surface area contributed by atoms with Gasteiger partial charge in [0.1, 0.15) is 5.82 Å². The number of aryl methyl sites for hydroxylation is 1. The van der Waals surface area contributed by atoms with Gasteiger partial charge in [0.05, 0.1) is 11.9 Å². The van der Waals surface area contributed by atoms with Crippen LogP contribution in [-0.4, -0.2) is 49.0 Å². The Kier molecular flexibility index (Phi) is 6.32. The maximum atomic E-state index is 13.0. The fourth-order valence-electron chi connectivity index (χ4n) is 3.62. The SMILES string of the molecule is CCc1ccccc1C(=O)N1CCC[C@@H](Nc2ccc(N(C)C)nc2)CC1. The number of nitrogens with zero attached hydrogens (tertiary/aromatic N) is 3. The van der Waals surface area contributed by atoms with Crippen molar-refractivity contribution in [3.63, 3.8) is 0 Å². The summed E-state index contributed by atoms with van der Waals surface area (Å²) in [5.41, 5.74) is 3.03. The van der Waals surface area contributed by atoms with Crippen LogP contribution in [0, 0.1) is 0 Å². The third-order valence-electron chi connectivity index (χ3n) is 5.22. The number of carbonyl (C=O) groups excluding carboxylic acids is 1. The van der Waals surface area contributed by atoms with E-state index in [1.807, 2.05) is 54.4 Å². The molecule has 0 spiro atoms. The normalized spacial score (nSPS) is 17.3. The van der Waals surface area contributed by atoms with Crippen molar-refractivity contribution in [2.24, 2.45) is 0 Å². The van der Waals surface area contributed by atoms with Crippen molar-refractivity contribution in [1.82, 2.24) is 9.88 Å². The minimum Gasteiger partial charge on any atom is -0.381 e. The highest BCUT2D eigenvalue weighted by Crippen LogP contribution is 2.20. The van der Waals surface area contributed by atoms with Gasteiger partial charge in [-0.05, 0) is 49.4 Å². The zero-order valence-electron chi connectivity index (χ0n) is 16.6. The third kappa shape index (κ3) is 4.79. The van der Waals surface area contributed by atoms with Gasteiger partial charge in [0, 0.05) is 38.8 Å². The zero-order valence-corrected chi connectivity index (χ0v) is 16.6. The van der Waals surface area contributed by atoms with Gasteiger partial charge in [-0.1, -0.05) is 25.1 Å². The van der Waals surface area contributed by atoms with Crippen molar-refractivity contribution in [2.75, 3.05) is 37.4 Å². The predicted molar refractivity (Wildman–Crippen MR) is 112 cm³/mol. The Bertz CT molecular complexity index is 757. The van der Waals surface area contributed by atoms with Gasteiger partial charge in [0.2, 0.25) is 0 Å². The molecule has 5 nitrogen and oxygen atoms in total. The Morgan fingerprint density at radius 2 is 2.00 bits per heavy atom. The molecule has 144 valence electrons. The third-order valence-corrected chi connectivity index (χ3v) is 5.22. The minimum absolute atomic E-state index is 0.171. The molecule has 1 aromatic heterocycles. The van der Waals surface area contributed by atoms with Gasteiger partial charge in [0.25, 0.3) is 5.91 Å². The molecule has 1 atom stereocenters. The van der Waals surface area contributed by atoms with Crippen LogP contribution in [0.15, 0.2) is 42.6 Å². The molecule has 1 aromatic carbocycles. The maximum Gasteiger partial charge on any atom is 0.254 e.